The van der Waals surface area contributed by atoms with Gasteiger partial charge in [0.05, 0.1) is 16.0 Å². The van der Waals surface area contributed by atoms with Crippen LogP contribution in [0, 0.1) is 10.1 Å². The molecule has 2 aromatic rings. The van der Waals surface area contributed by atoms with Crippen molar-refractivity contribution in [2.45, 2.75) is 13.0 Å². The van der Waals surface area contributed by atoms with Gasteiger partial charge in [-0.25, -0.2) is 0 Å². The number of nitro benzene ring substituents is 1. The van der Waals surface area contributed by atoms with Gasteiger partial charge < -0.3 is 9.84 Å². The average Bonchev–Trinajstić information content (AvgIpc) is 2.40. The van der Waals surface area contributed by atoms with E-state index >= 15 is 0 Å². The molecule has 110 valence electrons. The molecule has 0 saturated heterocycles. The molecular weight excluding hydrogens is 362 g/mol. The van der Waals surface area contributed by atoms with Gasteiger partial charge in [0.2, 0.25) is 0 Å². The van der Waals surface area contributed by atoms with Gasteiger partial charge in [-0.1, -0.05) is 23.7 Å². The van der Waals surface area contributed by atoms with Gasteiger partial charge in [0.25, 0.3) is 5.69 Å². The van der Waals surface area contributed by atoms with E-state index in [1.54, 1.807) is 31.2 Å². The van der Waals surface area contributed by atoms with Crippen LogP contribution in [0.3, 0.4) is 0 Å². The van der Waals surface area contributed by atoms with Crippen LogP contribution in [0.1, 0.15) is 18.6 Å². The summed E-state index contributed by atoms with van der Waals surface area (Å²) in [5.74, 6) is 0.732. The molecule has 0 aliphatic heterocycles. The Morgan fingerprint density at radius 2 is 2.10 bits per heavy atom. The molecule has 5 nitrogen and oxygen atoms in total. The smallest absolute Gasteiger partial charge is 0.287 e. The lowest BCUT2D eigenvalue weighted by molar-refractivity contribution is -0.385. The number of aliphatic hydroxyl groups is 1. The number of hydrogen-bond acceptors (Lipinski definition) is 4. The Labute approximate surface area is 134 Å². The van der Waals surface area contributed by atoms with Crippen LogP contribution in [0.4, 0.5) is 5.69 Å². The van der Waals surface area contributed by atoms with Gasteiger partial charge in [0, 0.05) is 6.07 Å². The van der Waals surface area contributed by atoms with E-state index in [0.29, 0.717) is 22.1 Å². The molecule has 0 radical (unpaired) electrons. The van der Waals surface area contributed by atoms with Crippen LogP contribution >= 0.6 is 27.5 Å². The molecule has 2 rings (SSSR count). The molecule has 21 heavy (non-hydrogen) atoms. The monoisotopic (exact) mass is 371 g/mol. The van der Waals surface area contributed by atoms with E-state index in [-0.39, 0.29) is 10.2 Å². The molecule has 2 aromatic carbocycles. The van der Waals surface area contributed by atoms with Crippen LogP contribution < -0.4 is 4.74 Å². The summed E-state index contributed by atoms with van der Waals surface area (Å²) in [5, 5.41) is 20.8. The molecule has 1 atom stereocenters. The first-order chi connectivity index (χ1) is 9.90. The van der Waals surface area contributed by atoms with Crippen molar-refractivity contribution >= 4 is 33.2 Å². The van der Waals surface area contributed by atoms with Crippen LogP contribution in [0.2, 0.25) is 5.02 Å². The minimum Gasteiger partial charge on any atom is -0.456 e. The molecule has 0 heterocycles. The highest BCUT2D eigenvalue weighted by Gasteiger charge is 2.17. The Bertz CT molecular complexity index is 691. The summed E-state index contributed by atoms with van der Waals surface area (Å²) in [5.41, 5.74) is 0.501. The Morgan fingerprint density at radius 3 is 2.67 bits per heavy atom. The maximum Gasteiger partial charge on any atom is 0.287 e. The van der Waals surface area contributed by atoms with Crippen molar-refractivity contribution < 1.29 is 14.8 Å². The summed E-state index contributed by atoms with van der Waals surface area (Å²) < 4.78 is 5.85. The summed E-state index contributed by atoms with van der Waals surface area (Å²) in [7, 11) is 0. The second-order valence-corrected chi connectivity index (χ2v) is 5.51. The first-order valence-electron chi connectivity index (χ1n) is 5.98. The van der Waals surface area contributed by atoms with E-state index in [1.807, 2.05) is 0 Å². The summed E-state index contributed by atoms with van der Waals surface area (Å²) in [6.07, 6.45) is -0.684. The van der Waals surface area contributed by atoms with Gasteiger partial charge >= 0.3 is 0 Å². The largest absolute Gasteiger partial charge is 0.456 e. The van der Waals surface area contributed by atoms with Crippen molar-refractivity contribution in [3.8, 4) is 11.5 Å². The fraction of sp³-hybridized carbons (Fsp3) is 0.143. The van der Waals surface area contributed by atoms with E-state index in [2.05, 4.69) is 15.9 Å². The first-order valence-corrected chi connectivity index (χ1v) is 7.15. The highest BCUT2D eigenvalue weighted by molar-refractivity contribution is 9.10. The highest BCUT2D eigenvalue weighted by Crippen LogP contribution is 2.37. The van der Waals surface area contributed by atoms with Crippen molar-refractivity contribution in [1.82, 2.24) is 0 Å². The van der Waals surface area contributed by atoms with Gasteiger partial charge in [-0.05, 0) is 46.6 Å². The van der Waals surface area contributed by atoms with Crippen molar-refractivity contribution in [2.75, 3.05) is 0 Å². The molecule has 0 aliphatic rings. The van der Waals surface area contributed by atoms with Gasteiger partial charge in [0.15, 0.2) is 0 Å². The van der Waals surface area contributed by atoms with Crippen LogP contribution in [0.5, 0.6) is 11.5 Å². The topological polar surface area (TPSA) is 72.6 Å². The Balaban J connectivity index is 2.33. The minimum atomic E-state index is -0.684. The maximum atomic E-state index is 10.9. The standard InChI is InChI=1S/C14H11BrClNO4/c1-8(18)10-6-5-9(7-11(10)16)21-13-4-2-3-12(14(13)15)17(19)20/h2-8,18H,1H3. The number of aliphatic hydroxyl groups excluding tert-OH is 1. The van der Waals surface area contributed by atoms with E-state index < -0.39 is 11.0 Å². The maximum absolute atomic E-state index is 10.9. The van der Waals surface area contributed by atoms with Crippen molar-refractivity contribution in [3.05, 3.63) is 61.6 Å². The molecule has 0 aromatic heterocycles. The number of hydrogen-bond donors (Lipinski definition) is 1. The van der Waals surface area contributed by atoms with Gasteiger partial charge in [-0.2, -0.15) is 0 Å². The van der Waals surface area contributed by atoms with Crippen LogP contribution in [-0.2, 0) is 0 Å². The number of nitro groups is 1. The summed E-state index contributed by atoms with van der Waals surface area (Å²) in [6.45, 7) is 1.61. The number of halogens is 2. The average molecular weight is 373 g/mol. The molecule has 0 amide bonds. The zero-order valence-electron chi connectivity index (χ0n) is 10.9. The molecule has 0 bridgehead atoms. The Kier molecular flexibility index (Phi) is 4.82. The SMILES string of the molecule is CC(O)c1ccc(Oc2cccc([N+](=O)[O-])c2Br)cc1Cl. The third kappa shape index (κ3) is 3.53. The first kappa shape index (κ1) is 15.8. The fourth-order valence-electron chi connectivity index (χ4n) is 1.76. The lowest BCUT2D eigenvalue weighted by Gasteiger charge is -2.11. The predicted octanol–water partition coefficient (Wildman–Crippen LogP) is 4.86. The molecule has 1 unspecified atom stereocenters. The molecule has 7 heteroatoms. The summed E-state index contributed by atoms with van der Waals surface area (Å²) in [4.78, 5) is 10.4. The second-order valence-electron chi connectivity index (χ2n) is 4.31. The number of nitrogens with zero attached hydrogens (tertiary/aromatic N) is 1. The summed E-state index contributed by atoms with van der Waals surface area (Å²) in [6, 6.07) is 9.35. The summed E-state index contributed by atoms with van der Waals surface area (Å²) >= 11 is 9.21. The Morgan fingerprint density at radius 1 is 1.38 bits per heavy atom. The zero-order valence-corrected chi connectivity index (χ0v) is 13.3. The fourth-order valence-corrected chi connectivity index (χ4v) is 2.57. The van der Waals surface area contributed by atoms with E-state index in [0.717, 1.165) is 0 Å². The third-order valence-corrected chi connectivity index (χ3v) is 3.91. The molecular formula is C14H11BrClNO4. The van der Waals surface area contributed by atoms with Crippen molar-refractivity contribution in [3.63, 3.8) is 0 Å². The van der Waals surface area contributed by atoms with E-state index in [9.17, 15) is 15.2 Å². The molecule has 0 aliphatic carbocycles. The quantitative estimate of drug-likeness (QED) is 0.614. The second kappa shape index (κ2) is 6.43. The molecule has 1 N–H and O–H groups in total. The van der Waals surface area contributed by atoms with E-state index in [1.165, 1.54) is 12.1 Å². The number of rotatable bonds is 4. The normalized spacial score (nSPS) is 12.0. The predicted molar refractivity (Wildman–Crippen MR) is 83.0 cm³/mol. The molecule has 0 fully saturated rings. The van der Waals surface area contributed by atoms with Gasteiger partial charge in [-0.15, -0.1) is 0 Å². The molecule has 0 saturated carbocycles. The number of ether oxygens (including phenoxy) is 1. The van der Waals surface area contributed by atoms with Crippen molar-refractivity contribution in [2.24, 2.45) is 0 Å². The van der Waals surface area contributed by atoms with Gasteiger partial charge in [-0.3, -0.25) is 10.1 Å². The van der Waals surface area contributed by atoms with Gasteiger partial charge in [0.1, 0.15) is 16.0 Å². The lowest BCUT2D eigenvalue weighted by atomic mass is 10.1. The third-order valence-electron chi connectivity index (χ3n) is 2.79. The molecule has 0 spiro atoms. The van der Waals surface area contributed by atoms with E-state index in [4.69, 9.17) is 16.3 Å². The zero-order chi connectivity index (χ0) is 15.6. The van der Waals surface area contributed by atoms with Crippen molar-refractivity contribution in [1.29, 1.82) is 0 Å². The van der Waals surface area contributed by atoms with Crippen LogP contribution in [0.15, 0.2) is 40.9 Å². The Hall–Kier alpha value is -1.63. The lowest BCUT2D eigenvalue weighted by Crippen LogP contribution is -1.94. The van der Waals surface area contributed by atoms with Crippen LogP contribution in [-0.4, -0.2) is 10.0 Å². The highest BCUT2D eigenvalue weighted by atomic mass is 79.9. The minimum absolute atomic E-state index is 0.0841. The van der Waals surface area contributed by atoms with Crippen LogP contribution in [0.25, 0.3) is 0 Å². The number of benzene rings is 2.